The number of hydrogen-bond donors (Lipinski definition) is 2. The quantitative estimate of drug-likeness (QED) is 0.888. The maximum Gasteiger partial charge on any atom is 0.130 e. The van der Waals surface area contributed by atoms with Gasteiger partial charge >= 0.3 is 0 Å². The summed E-state index contributed by atoms with van der Waals surface area (Å²) in [4.78, 5) is 8.61. The van der Waals surface area contributed by atoms with Crippen LogP contribution in [-0.4, -0.2) is 21.6 Å². The van der Waals surface area contributed by atoms with E-state index in [1.54, 1.807) is 19.1 Å². The first kappa shape index (κ1) is 15.4. The summed E-state index contributed by atoms with van der Waals surface area (Å²) in [7, 11) is 0. The molecule has 0 aliphatic rings. The lowest BCUT2D eigenvalue weighted by molar-refractivity contribution is 0.0713. The van der Waals surface area contributed by atoms with Crippen LogP contribution in [0.2, 0.25) is 0 Å². The molecule has 0 bridgehead atoms. The number of rotatable bonds is 5. The van der Waals surface area contributed by atoms with Crippen molar-refractivity contribution in [3.8, 4) is 0 Å². The fraction of sp³-hybridized carbons (Fsp3) is 0.375. The molecule has 0 spiro atoms. The average molecular weight is 289 g/mol. The molecule has 0 aliphatic heterocycles. The van der Waals surface area contributed by atoms with Gasteiger partial charge in [0, 0.05) is 18.3 Å². The Bertz CT molecular complexity index is 611. The second-order valence-corrected chi connectivity index (χ2v) is 5.28. The predicted octanol–water partition coefficient (Wildman–Crippen LogP) is 2.81. The van der Waals surface area contributed by atoms with Crippen LogP contribution in [0.25, 0.3) is 0 Å². The normalized spacial score (nSPS) is 13.8. The second-order valence-electron chi connectivity index (χ2n) is 5.28. The summed E-state index contributed by atoms with van der Waals surface area (Å²) < 4.78 is 12.9. The molecule has 1 heterocycles. The monoisotopic (exact) mass is 289 g/mol. The lowest BCUT2D eigenvalue weighted by Crippen LogP contribution is -2.31. The van der Waals surface area contributed by atoms with Crippen LogP contribution in [0.1, 0.15) is 30.9 Å². The molecule has 0 saturated heterocycles. The van der Waals surface area contributed by atoms with Crippen LogP contribution >= 0.6 is 0 Å². The molecule has 2 N–H and O–H groups in total. The van der Waals surface area contributed by atoms with Crippen LogP contribution in [0.3, 0.4) is 0 Å². The Morgan fingerprint density at radius 1 is 1.24 bits per heavy atom. The van der Waals surface area contributed by atoms with Crippen LogP contribution in [0.4, 0.5) is 10.2 Å². The van der Waals surface area contributed by atoms with Crippen molar-refractivity contribution in [2.24, 2.45) is 0 Å². The molecule has 4 nitrogen and oxygen atoms in total. The van der Waals surface area contributed by atoms with Crippen molar-refractivity contribution in [2.45, 2.75) is 32.8 Å². The molecule has 0 amide bonds. The van der Waals surface area contributed by atoms with Crippen molar-refractivity contribution in [3.05, 3.63) is 53.2 Å². The van der Waals surface area contributed by atoms with E-state index in [0.29, 0.717) is 17.2 Å². The Morgan fingerprint density at radius 3 is 2.52 bits per heavy atom. The molecule has 1 aromatic carbocycles. The minimum atomic E-state index is -1.11. The smallest absolute Gasteiger partial charge is 0.130 e. The summed E-state index contributed by atoms with van der Waals surface area (Å²) in [6.45, 7) is 5.82. The number of aromatic nitrogens is 2. The van der Waals surface area contributed by atoms with Gasteiger partial charge in [-0.1, -0.05) is 19.1 Å². The highest BCUT2D eigenvalue weighted by atomic mass is 19.1. The zero-order valence-corrected chi connectivity index (χ0v) is 12.5. The van der Waals surface area contributed by atoms with E-state index in [-0.39, 0.29) is 12.4 Å². The maximum absolute atomic E-state index is 12.9. The summed E-state index contributed by atoms with van der Waals surface area (Å²) in [6, 6.07) is 7.72. The first-order valence-electron chi connectivity index (χ1n) is 6.97. The topological polar surface area (TPSA) is 58.0 Å². The minimum Gasteiger partial charge on any atom is -0.384 e. The maximum atomic E-state index is 12.9. The van der Waals surface area contributed by atoms with Crippen molar-refractivity contribution in [1.82, 2.24) is 9.97 Å². The Hall–Kier alpha value is -2.01. The number of aryl methyl sites for hydroxylation is 2. The zero-order chi connectivity index (χ0) is 15.5. The highest BCUT2D eigenvalue weighted by Crippen LogP contribution is 2.21. The van der Waals surface area contributed by atoms with Crippen LogP contribution in [0.5, 0.6) is 0 Å². The third kappa shape index (κ3) is 3.98. The second kappa shape index (κ2) is 6.18. The molecule has 112 valence electrons. The van der Waals surface area contributed by atoms with Crippen molar-refractivity contribution >= 4 is 5.82 Å². The fourth-order valence-corrected chi connectivity index (χ4v) is 2.07. The lowest BCUT2D eigenvalue weighted by Gasteiger charge is -2.24. The first-order chi connectivity index (χ1) is 9.90. The summed E-state index contributed by atoms with van der Waals surface area (Å²) >= 11 is 0. The molecule has 1 atom stereocenters. The van der Waals surface area contributed by atoms with Gasteiger partial charge in [-0.3, -0.25) is 0 Å². The Labute approximate surface area is 124 Å². The van der Waals surface area contributed by atoms with E-state index in [2.05, 4.69) is 15.3 Å². The molecule has 0 radical (unpaired) electrons. The van der Waals surface area contributed by atoms with Gasteiger partial charge in [0.15, 0.2) is 0 Å². The van der Waals surface area contributed by atoms with Gasteiger partial charge in [-0.25, -0.2) is 14.4 Å². The number of nitrogens with one attached hydrogen (secondary N) is 1. The third-order valence-electron chi connectivity index (χ3n) is 3.33. The van der Waals surface area contributed by atoms with Gasteiger partial charge in [0.05, 0.1) is 0 Å². The predicted molar refractivity (Wildman–Crippen MR) is 80.6 cm³/mol. The highest BCUT2D eigenvalue weighted by Gasteiger charge is 2.23. The number of anilines is 1. The molecule has 0 fully saturated rings. The van der Waals surface area contributed by atoms with Crippen molar-refractivity contribution in [2.75, 3.05) is 11.9 Å². The summed E-state index contributed by atoms with van der Waals surface area (Å²) in [5.74, 6) is 1.06. The largest absolute Gasteiger partial charge is 0.384 e. The van der Waals surface area contributed by atoms with Gasteiger partial charge < -0.3 is 10.4 Å². The number of hydrogen-bond acceptors (Lipinski definition) is 4. The van der Waals surface area contributed by atoms with Crippen molar-refractivity contribution in [3.63, 3.8) is 0 Å². The van der Waals surface area contributed by atoms with E-state index in [1.165, 1.54) is 12.1 Å². The standard InChI is InChI=1S/C16H20FN3O/c1-4-14-9-15(20-11(2)19-14)18-10-16(3,21)12-5-7-13(17)8-6-12/h5-9,21H,4,10H2,1-3H3,(H,18,19,20). The zero-order valence-electron chi connectivity index (χ0n) is 12.5. The van der Waals surface area contributed by atoms with E-state index in [9.17, 15) is 9.50 Å². The fourth-order valence-electron chi connectivity index (χ4n) is 2.07. The van der Waals surface area contributed by atoms with Gasteiger partial charge in [0.25, 0.3) is 0 Å². The molecule has 2 aromatic rings. The van der Waals surface area contributed by atoms with Crippen LogP contribution in [-0.2, 0) is 12.0 Å². The molecule has 1 unspecified atom stereocenters. The molecular formula is C16H20FN3O. The SMILES string of the molecule is CCc1cc(NCC(C)(O)c2ccc(F)cc2)nc(C)n1. The Balaban J connectivity index is 2.11. The molecule has 2 rings (SSSR count). The first-order valence-corrected chi connectivity index (χ1v) is 6.97. The third-order valence-corrected chi connectivity index (χ3v) is 3.33. The van der Waals surface area contributed by atoms with E-state index in [0.717, 1.165) is 12.1 Å². The molecule has 1 aromatic heterocycles. The summed E-state index contributed by atoms with van der Waals surface area (Å²) in [6.07, 6.45) is 0.826. The van der Waals surface area contributed by atoms with Crippen molar-refractivity contribution in [1.29, 1.82) is 0 Å². The number of aliphatic hydroxyl groups is 1. The Morgan fingerprint density at radius 2 is 1.90 bits per heavy atom. The van der Waals surface area contributed by atoms with E-state index in [4.69, 9.17) is 0 Å². The van der Waals surface area contributed by atoms with Gasteiger partial charge in [-0.15, -0.1) is 0 Å². The highest BCUT2D eigenvalue weighted by molar-refractivity contribution is 5.37. The minimum absolute atomic E-state index is 0.276. The van der Waals surface area contributed by atoms with Gasteiger partial charge in [-0.2, -0.15) is 0 Å². The Kier molecular flexibility index (Phi) is 4.53. The van der Waals surface area contributed by atoms with E-state index in [1.807, 2.05) is 19.9 Å². The van der Waals surface area contributed by atoms with Crippen LogP contribution in [0.15, 0.2) is 30.3 Å². The number of halogens is 1. The molecule has 0 saturated carbocycles. The molecular weight excluding hydrogens is 269 g/mol. The molecule has 5 heteroatoms. The summed E-state index contributed by atoms with van der Waals surface area (Å²) in [5.41, 5.74) is 0.489. The number of nitrogens with zero attached hydrogens (tertiary/aromatic N) is 2. The van der Waals surface area contributed by atoms with Crippen LogP contribution in [0, 0.1) is 12.7 Å². The van der Waals surface area contributed by atoms with Gasteiger partial charge in [0.2, 0.25) is 0 Å². The van der Waals surface area contributed by atoms with Crippen molar-refractivity contribution < 1.29 is 9.50 Å². The average Bonchev–Trinajstić information content (AvgIpc) is 2.45. The molecule has 0 aliphatic carbocycles. The lowest BCUT2D eigenvalue weighted by atomic mass is 9.96. The van der Waals surface area contributed by atoms with E-state index < -0.39 is 5.60 Å². The van der Waals surface area contributed by atoms with Gasteiger partial charge in [0.1, 0.15) is 23.1 Å². The summed E-state index contributed by atoms with van der Waals surface area (Å²) in [5, 5.41) is 13.6. The molecule has 21 heavy (non-hydrogen) atoms. The van der Waals surface area contributed by atoms with Crippen LogP contribution < -0.4 is 5.32 Å². The number of benzene rings is 1. The van der Waals surface area contributed by atoms with E-state index >= 15 is 0 Å². The van der Waals surface area contributed by atoms with Gasteiger partial charge in [-0.05, 0) is 38.0 Å².